The molecule has 1 atom stereocenters. The minimum absolute atomic E-state index is 0.0376. The number of aromatic nitrogens is 1. The van der Waals surface area contributed by atoms with Crippen molar-refractivity contribution in [2.24, 2.45) is 0 Å². The lowest BCUT2D eigenvalue weighted by Gasteiger charge is -2.23. The first-order valence-electron chi connectivity index (χ1n) is 10.7. The molecule has 1 aliphatic heterocycles. The number of methoxy groups -OCH3 is 3. The van der Waals surface area contributed by atoms with E-state index >= 15 is 0 Å². The topological polar surface area (TPSA) is 66.8 Å². The van der Waals surface area contributed by atoms with E-state index in [4.69, 9.17) is 14.2 Å². The van der Waals surface area contributed by atoms with Crippen molar-refractivity contribution in [3.63, 3.8) is 0 Å². The van der Waals surface area contributed by atoms with E-state index < -0.39 is 5.41 Å². The number of pyridine rings is 1. The molecule has 4 aromatic rings. The van der Waals surface area contributed by atoms with Crippen LogP contribution >= 0.6 is 0 Å². The Balaban J connectivity index is 1.68. The zero-order chi connectivity index (χ0) is 22.9. The summed E-state index contributed by atoms with van der Waals surface area (Å²) in [4.78, 5) is 27.9. The number of nitrogens with zero attached hydrogens (tertiary/aromatic N) is 1. The summed E-state index contributed by atoms with van der Waals surface area (Å²) in [5.74, 6) is 1.67. The van der Waals surface area contributed by atoms with Crippen molar-refractivity contribution in [1.82, 2.24) is 4.57 Å². The fourth-order valence-corrected chi connectivity index (χ4v) is 5.43. The lowest BCUT2D eigenvalue weighted by molar-refractivity contribution is 0.0930. The van der Waals surface area contributed by atoms with Crippen LogP contribution in [0, 0.1) is 0 Å². The van der Waals surface area contributed by atoms with Gasteiger partial charge in [-0.25, -0.2) is 0 Å². The minimum atomic E-state index is -0.983. The van der Waals surface area contributed by atoms with Crippen molar-refractivity contribution >= 4 is 16.6 Å². The van der Waals surface area contributed by atoms with Gasteiger partial charge in [0.25, 0.3) is 5.56 Å². The molecule has 0 bridgehead atoms. The van der Waals surface area contributed by atoms with Gasteiger partial charge in [-0.15, -0.1) is 0 Å². The molecule has 0 saturated heterocycles. The van der Waals surface area contributed by atoms with E-state index in [9.17, 15) is 9.59 Å². The SMILES string of the molecule is COc1ccc2cc3n(c(=O)c2c1)-c1ccccc1C31Cc2cc(OC)c(OC)cc2C1=O. The Morgan fingerprint density at radius 3 is 2.36 bits per heavy atom. The molecule has 6 rings (SSSR count). The third-order valence-electron chi connectivity index (χ3n) is 6.97. The maximum absolute atomic E-state index is 14.1. The normalized spacial score (nSPS) is 17.7. The molecule has 0 radical (unpaired) electrons. The van der Waals surface area contributed by atoms with Crippen molar-refractivity contribution in [2.45, 2.75) is 11.8 Å². The number of para-hydroxylation sites is 1. The number of Topliss-reactive ketones (excluding diaryl/α,β-unsaturated/α-hetero) is 1. The summed E-state index contributed by atoms with van der Waals surface area (Å²) in [6.07, 6.45) is 0.444. The molecule has 1 unspecified atom stereocenters. The summed E-state index contributed by atoms with van der Waals surface area (Å²) in [6, 6.07) is 18.7. The summed E-state index contributed by atoms with van der Waals surface area (Å²) in [5, 5.41) is 1.33. The van der Waals surface area contributed by atoms with Gasteiger partial charge < -0.3 is 14.2 Å². The van der Waals surface area contributed by atoms with Crippen LogP contribution in [0.2, 0.25) is 0 Å². The molecule has 0 fully saturated rings. The van der Waals surface area contributed by atoms with E-state index in [1.165, 1.54) is 0 Å². The molecular formula is C27H21NO5. The maximum Gasteiger partial charge on any atom is 0.263 e. The van der Waals surface area contributed by atoms with Gasteiger partial charge in [0.1, 0.15) is 11.2 Å². The monoisotopic (exact) mass is 439 g/mol. The second-order valence-corrected chi connectivity index (χ2v) is 8.42. The van der Waals surface area contributed by atoms with Gasteiger partial charge in [-0.1, -0.05) is 24.3 Å². The Hall–Kier alpha value is -4.06. The van der Waals surface area contributed by atoms with Crippen LogP contribution in [0.3, 0.4) is 0 Å². The number of carbonyl (C=O) groups is 1. The molecular weight excluding hydrogens is 418 g/mol. The fourth-order valence-electron chi connectivity index (χ4n) is 5.43. The molecule has 0 saturated carbocycles. The van der Waals surface area contributed by atoms with Gasteiger partial charge in [0.05, 0.1) is 32.4 Å². The fraction of sp³-hybridized carbons (Fsp3) is 0.185. The van der Waals surface area contributed by atoms with E-state index in [0.717, 1.165) is 22.2 Å². The van der Waals surface area contributed by atoms with Gasteiger partial charge in [0, 0.05) is 11.3 Å². The molecule has 2 aliphatic rings. The molecule has 0 N–H and O–H groups in total. The molecule has 2 heterocycles. The first-order chi connectivity index (χ1) is 16.0. The Labute approximate surface area is 189 Å². The van der Waals surface area contributed by atoms with Crippen LogP contribution in [0.5, 0.6) is 17.2 Å². The Bertz CT molecular complexity index is 1550. The van der Waals surface area contributed by atoms with Crippen LogP contribution in [0.4, 0.5) is 0 Å². The van der Waals surface area contributed by atoms with E-state index in [1.54, 1.807) is 38.0 Å². The zero-order valence-corrected chi connectivity index (χ0v) is 18.5. The summed E-state index contributed by atoms with van der Waals surface area (Å²) < 4.78 is 18.0. The van der Waals surface area contributed by atoms with Crippen LogP contribution in [0.1, 0.15) is 27.2 Å². The average molecular weight is 439 g/mol. The highest BCUT2D eigenvalue weighted by atomic mass is 16.5. The molecule has 33 heavy (non-hydrogen) atoms. The van der Waals surface area contributed by atoms with Gasteiger partial charge in [-0.05, 0) is 59.3 Å². The average Bonchev–Trinajstić information content (AvgIpc) is 3.30. The third kappa shape index (κ3) is 2.38. The first-order valence-corrected chi connectivity index (χ1v) is 10.7. The van der Waals surface area contributed by atoms with Crippen LogP contribution in [-0.2, 0) is 11.8 Å². The van der Waals surface area contributed by atoms with Gasteiger partial charge in [0.2, 0.25) is 0 Å². The molecule has 164 valence electrons. The number of benzene rings is 3. The Morgan fingerprint density at radius 1 is 0.848 bits per heavy atom. The Morgan fingerprint density at radius 2 is 1.61 bits per heavy atom. The van der Waals surface area contributed by atoms with E-state index in [0.29, 0.717) is 40.3 Å². The van der Waals surface area contributed by atoms with Crippen molar-refractivity contribution in [1.29, 1.82) is 0 Å². The quantitative estimate of drug-likeness (QED) is 0.482. The predicted octanol–water partition coefficient (Wildman–Crippen LogP) is 4.06. The van der Waals surface area contributed by atoms with Crippen LogP contribution in [0.15, 0.2) is 65.5 Å². The highest BCUT2D eigenvalue weighted by Gasteiger charge is 2.55. The van der Waals surface area contributed by atoms with E-state index in [1.807, 2.05) is 48.5 Å². The first kappa shape index (κ1) is 19.6. The van der Waals surface area contributed by atoms with Gasteiger partial charge in [-0.2, -0.15) is 0 Å². The molecule has 1 aliphatic carbocycles. The van der Waals surface area contributed by atoms with Crippen LogP contribution in [-0.4, -0.2) is 31.7 Å². The minimum Gasteiger partial charge on any atom is -0.497 e. The smallest absolute Gasteiger partial charge is 0.263 e. The molecule has 1 spiro atoms. The molecule has 6 nitrogen and oxygen atoms in total. The second kappa shape index (κ2) is 6.72. The summed E-state index contributed by atoms with van der Waals surface area (Å²) >= 11 is 0. The van der Waals surface area contributed by atoms with Gasteiger partial charge in [-0.3, -0.25) is 14.2 Å². The van der Waals surface area contributed by atoms with Crippen molar-refractivity contribution < 1.29 is 19.0 Å². The highest BCUT2D eigenvalue weighted by molar-refractivity contribution is 6.12. The lowest BCUT2D eigenvalue weighted by Crippen LogP contribution is -2.34. The molecule has 0 amide bonds. The number of rotatable bonds is 3. The van der Waals surface area contributed by atoms with Crippen LogP contribution in [0.25, 0.3) is 16.5 Å². The van der Waals surface area contributed by atoms with E-state index in [2.05, 4.69) is 0 Å². The van der Waals surface area contributed by atoms with Crippen LogP contribution < -0.4 is 19.8 Å². The summed E-state index contributed by atoms with van der Waals surface area (Å²) in [7, 11) is 4.71. The van der Waals surface area contributed by atoms with Crippen molar-refractivity contribution in [3.05, 3.63) is 93.4 Å². The standard InChI is InChI=1S/C27H21NO5/c1-31-17-9-8-15-11-24-27(14-16-10-22(32-2)23(33-3)13-18(16)25(27)29)20-6-4-5-7-21(20)28(24)26(30)19(15)12-17/h4-13H,14H2,1-3H3. The highest BCUT2D eigenvalue weighted by Crippen LogP contribution is 2.52. The lowest BCUT2D eigenvalue weighted by atomic mass is 9.75. The third-order valence-corrected chi connectivity index (χ3v) is 6.97. The maximum atomic E-state index is 14.1. The number of hydrogen-bond acceptors (Lipinski definition) is 5. The number of ketones is 1. The number of carbonyl (C=O) groups excluding carboxylic acids is 1. The second-order valence-electron chi connectivity index (χ2n) is 8.42. The number of ether oxygens (including phenoxy) is 3. The predicted molar refractivity (Wildman–Crippen MR) is 124 cm³/mol. The summed E-state index contributed by atoms with van der Waals surface area (Å²) in [6.45, 7) is 0. The van der Waals surface area contributed by atoms with Gasteiger partial charge in [0.15, 0.2) is 17.3 Å². The molecule has 1 aromatic heterocycles. The number of fused-ring (bicyclic) bond motifs is 7. The van der Waals surface area contributed by atoms with Crippen molar-refractivity contribution in [2.75, 3.05) is 21.3 Å². The van der Waals surface area contributed by atoms with Gasteiger partial charge >= 0.3 is 0 Å². The largest absolute Gasteiger partial charge is 0.497 e. The Kier molecular flexibility index (Phi) is 3.99. The van der Waals surface area contributed by atoms with Crippen molar-refractivity contribution in [3.8, 4) is 22.9 Å². The number of hydrogen-bond donors (Lipinski definition) is 0. The zero-order valence-electron chi connectivity index (χ0n) is 18.5. The summed E-state index contributed by atoms with van der Waals surface area (Å²) in [5.41, 5.74) is 2.59. The molecule has 3 aromatic carbocycles. The van der Waals surface area contributed by atoms with E-state index in [-0.39, 0.29) is 11.3 Å². The molecule has 6 heteroatoms.